The van der Waals surface area contributed by atoms with Gasteiger partial charge in [0, 0.05) is 64.1 Å². The zero-order valence-corrected chi connectivity index (χ0v) is 15.9. The van der Waals surface area contributed by atoms with Crippen LogP contribution in [0.4, 0.5) is 18.9 Å². The number of rotatable bonds is 3. The molecule has 2 aliphatic rings. The van der Waals surface area contributed by atoms with Crippen molar-refractivity contribution in [1.29, 1.82) is 0 Å². The van der Waals surface area contributed by atoms with E-state index in [1.165, 1.54) is 5.56 Å². The first-order chi connectivity index (χ1) is 13.5. The minimum atomic E-state index is -5.08. The van der Waals surface area contributed by atoms with Crippen LogP contribution in [-0.4, -0.2) is 67.3 Å². The van der Waals surface area contributed by atoms with Crippen LogP contribution in [0.15, 0.2) is 24.8 Å². The fraction of sp³-hybridized carbons (Fsp3) is 0.529. The van der Waals surface area contributed by atoms with Crippen molar-refractivity contribution in [2.24, 2.45) is 25.9 Å². The van der Waals surface area contributed by atoms with E-state index in [0.29, 0.717) is 5.92 Å². The van der Waals surface area contributed by atoms with Gasteiger partial charge in [-0.3, -0.25) is 19.1 Å². The number of carboxylic acid groups (broad SMARTS) is 1. The number of aliphatic carboxylic acids is 1. The molecule has 2 saturated heterocycles. The molecule has 29 heavy (non-hydrogen) atoms. The van der Waals surface area contributed by atoms with Crippen molar-refractivity contribution in [3.05, 3.63) is 30.4 Å². The van der Waals surface area contributed by atoms with Crippen LogP contribution < -0.4 is 4.90 Å². The number of fused-ring (bicyclic) bond motifs is 1. The molecule has 0 aliphatic carbocycles. The second kappa shape index (κ2) is 7.85. The molecule has 12 heteroatoms. The largest absolute Gasteiger partial charge is 0.490 e. The highest BCUT2D eigenvalue weighted by Gasteiger charge is 2.46. The average molecular weight is 414 g/mol. The predicted octanol–water partition coefficient (Wildman–Crippen LogP) is 0.882. The monoisotopic (exact) mass is 414 g/mol. The summed E-state index contributed by atoms with van der Waals surface area (Å²) in [7, 11) is 3.80. The summed E-state index contributed by atoms with van der Waals surface area (Å²) < 4.78 is 35.3. The molecule has 4 rings (SSSR count). The molecule has 0 spiro atoms. The van der Waals surface area contributed by atoms with E-state index in [1.54, 1.807) is 10.9 Å². The van der Waals surface area contributed by atoms with E-state index < -0.39 is 12.1 Å². The lowest BCUT2D eigenvalue weighted by Gasteiger charge is -2.20. The Kier molecular flexibility index (Phi) is 5.64. The molecule has 1 N–H and O–H groups in total. The van der Waals surface area contributed by atoms with Crippen molar-refractivity contribution in [2.75, 3.05) is 24.5 Å². The SMILES string of the molecule is Cn1cc(CN2C[C@H]3CN(c4cnn(C)c4)C(=O)[C@H]3C2)cn1.O=C(O)C(F)(F)F. The molecule has 0 radical (unpaired) electrons. The van der Waals surface area contributed by atoms with Crippen molar-refractivity contribution in [3.8, 4) is 0 Å². The van der Waals surface area contributed by atoms with Crippen LogP contribution in [-0.2, 0) is 30.2 Å². The Morgan fingerprint density at radius 3 is 2.24 bits per heavy atom. The van der Waals surface area contributed by atoms with Crippen molar-refractivity contribution in [3.63, 3.8) is 0 Å². The van der Waals surface area contributed by atoms with E-state index in [1.807, 2.05) is 42.3 Å². The van der Waals surface area contributed by atoms with Crippen molar-refractivity contribution >= 4 is 17.6 Å². The number of nitrogens with zero attached hydrogens (tertiary/aromatic N) is 6. The smallest absolute Gasteiger partial charge is 0.475 e. The molecule has 4 heterocycles. The molecule has 158 valence electrons. The van der Waals surface area contributed by atoms with Gasteiger partial charge in [0.1, 0.15) is 0 Å². The van der Waals surface area contributed by atoms with Gasteiger partial charge in [-0.1, -0.05) is 0 Å². The minimum absolute atomic E-state index is 0.122. The first-order valence-electron chi connectivity index (χ1n) is 8.84. The van der Waals surface area contributed by atoms with E-state index in [4.69, 9.17) is 9.90 Å². The molecule has 2 aromatic rings. The second-order valence-corrected chi connectivity index (χ2v) is 7.21. The lowest BCUT2D eigenvalue weighted by Crippen LogP contribution is -2.32. The topological polar surface area (TPSA) is 96.5 Å². The number of aromatic nitrogens is 4. The Labute approximate surface area is 164 Å². The summed E-state index contributed by atoms with van der Waals surface area (Å²) in [5.41, 5.74) is 2.12. The molecule has 2 fully saturated rings. The molecule has 2 atom stereocenters. The Morgan fingerprint density at radius 2 is 1.76 bits per heavy atom. The molecule has 2 aromatic heterocycles. The maximum atomic E-state index is 12.6. The standard InChI is InChI=1S/C15H20N6O.C2HF3O2/c1-18-5-11(3-16-18)6-20-7-12-8-21(15(22)14(12)10-20)13-4-17-19(2)9-13;3-2(4,5)1(6)7/h3-5,9,12,14H,6-8,10H2,1-2H3;(H,6,7)/t12-,14-;/m0./s1. The van der Waals surface area contributed by atoms with Crippen molar-refractivity contribution in [1.82, 2.24) is 24.5 Å². The van der Waals surface area contributed by atoms with Gasteiger partial charge in [-0.05, 0) is 0 Å². The minimum Gasteiger partial charge on any atom is -0.475 e. The Balaban J connectivity index is 0.000000298. The zero-order valence-electron chi connectivity index (χ0n) is 15.9. The van der Waals surface area contributed by atoms with Gasteiger partial charge >= 0.3 is 12.1 Å². The molecule has 9 nitrogen and oxygen atoms in total. The number of anilines is 1. The Hall–Kier alpha value is -2.89. The van der Waals surface area contributed by atoms with Crippen LogP contribution in [0.25, 0.3) is 0 Å². The quantitative estimate of drug-likeness (QED) is 0.801. The molecular weight excluding hydrogens is 393 g/mol. The summed E-state index contributed by atoms with van der Waals surface area (Å²) >= 11 is 0. The number of amides is 1. The van der Waals surface area contributed by atoms with Crippen LogP contribution in [0.5, 0.6) is 0 Å². The maximum absolute atomic E-state index is 12.6. The molecular formula is C17H21F3N6O3. The number of carboxylic acids is 1. The number of carbonyl (C=O) groups excluding carboxylic acids is 1. The van der Waals surface area contributed by atoms with Gasteiger partial charge in [0.2, 0.25) is 5.91 Å². The van der Waals surface area contributed by atoms with Gasteiger partial charge in [0.25, 0.3) is 0 Å². The van der Waals surface area contributed by atoms with E-state index in [2.05, 4.69) is 15.1 Å². The van der Waals surface area contributed by atoms with Crippen molar-refractivity contribution < 1.29 is 27.9 Å². The van der Waals surface area contributed by atoms with Gasteiger partial charge in [0.15, 0.2) is 0 Å². The highest BCUT2D eigenvalue weighted by Crippen LogP contribution is 2.35. The second-order valence-electron chi connectivity index (χ2n) is 7.21. The van der Waals surface area contributed by atoms with Gasteiger partial charge in [-0.2, -0.15) is 23.4 Å². The van der Waals surface area contributed by atoms with Gasteiger partial charge < -0.3 is 10.0 Å². The Bertz CT molecular complexity index is 893. The highest BCUT2D eigenvalue weighted by molar-refractivity contribution is 5.97. The van der Waals surface area contributed by atoms with E-state index in [-0.39, 0.29) is 11.8 Å². The van der Waals surface area contributed by atoms with Crippen LogP contribution >= 0.6 is 0 Å². The summed E-state index contributed by atoms with van der Waals surface area (Å²) in [5, 5.41) is 15.5. The molecule has 0 aromatic carbocycles. The average Bonchev–Trinajstić information content (AvgIpc) is 3.36. The van der Waals surface area contributed by atoms with Crippen LogP contribution in [0.3, 0.4) is 0 Å². The molecule has 0 saturated carbocycles. The number of carbonyl (C=O) groups is 2. The van der Waals surface area contributed by atoms with Crippen LogP contribution in [0.1, 0.15) is 5.56 Å². The number of likely N-dealkylation sites (tertiary alicyclic amines) is 1. The van der Waals surface area contributed by atoms with Crippen molar-refractivity contribution in [2.45, 2.75) is 12.7 Å². The first-order valence-corrected chi connectivity index (χ1v) is 8.84. The summed E-state index contributed by atoms with van der Waals surface area (Å²) in [6.45, 7) is 3.50. The van der Waals surface area contributed by atoms with E-state index in [9.17, 15) is 18.0 Å². The lowest BCUT2D eigenvalue weighted by atomic mass is 10.0. The van der Waals surface area contributed by atoms with E-state index >= 15 is 0 Å². The number of hydrogen-bond acceptors (Lipinski definition) is 5. The lowest BCUT2D eigenvalue weighted by molar-refractivity contribution is -0.192. The molecule has 1 amide bonds. The van der Waals surface area contributed by atoms with Crippen LogP contribution in [0.2, 0.25) is 0 Å². The summed E-state index contributed by atoms with van der Waals surface area (Å²) in [4.78, 5) is 25.8. The number of halogens is 3. The number of aryl methyl sites for hydroxylation is 2. The first kappa shape index (κ1) is 20.8. The summed E-state index contributed by atoms with van der Waals surface area (Å²) in [6.07, 6.45) is 2.54. The summed E-state index contributed by atoms with van der Waals surface area (Å²) in [6, 6.07) is 0. The maximum Gasteiger partial charge on any atom is 0.490 e. The third-order valence-electron chi connectivity index (χ3n) is 4.93. The molecule has 0 unspecified atom stereocenters. The van der Waals surface area contributed by atoms with Gasteiger partial charge in [-0.15, -0.1) is 0 Å². The summed E-state index contributed by atoms with van der Waals surface area (Å²) in [5.74, 6) is -1.97. The number of hydrogen-bond donors (Lipinski definition) is 1. The van der Waals surface area contributed by atoms with E-state index in [0.717, 1.165) is 31.9 Å². The van der Waals surface area contributed by atoms with Crippen LogP contribution in [0, 0.1) is 11.8 Å². The fourth-order valence-electron chi connectivity index (χ4n) is 3.67. The third kappa shape index (κ3) is 4.75. The van der Waals surface area contributed by atoms with Gasteiger partial charge in [-0.25, -0.2) is 4.79 Å². The normalized spacial score (nSPS) is 21.8. The predicted molar refractivity (Wildman–Crippen MR) is 94.7 cm³/mol. The molecule has 0 bridgehead atoms. The molecule has 2 aliphatic heterocycles. The third-order valence-corrected chi connectivity index (χ3v) is 4.93. The fourth-order valence-corrected chi connectivity index (χ4v) is 3.67. The van der Waals surface area contributed by atoms with Gasteiger partial charge in [0.05, 0.1) is 24.0 Å². The zero-order chi connectivity index (χ0) is 21.3. The number of alkyl halides is 3. The Morgan fingerprint density at radius 1 is 1.14 bits per heavy atom. The highest BCUT2D eigenvalue weighted by atomic mass is 19.4.